The van der Waals surface area contributed by atoms with Crippen LogP contribution >= 0.6 is 0 Å². The van der Waals surface area contributed by atoms with Gasteiger partial charge in [0.15, 0.2) is 0 Å². The lowest BCUT2D eigenvalue weighted by molar-refractivity contribution is 0.0543. The summed E-state index contributed by atoms with van der Waals surface area (Å²) in [5, 5.41) is 10.4. The summed E-state index contributed by atoms with van der Waals surface area (Å²) in [6.45, 7) is 5.66. The fourth-order valence-corrected chi connectivity index (χ4v) is 2.75. The number of carbonyl (C=O) groups is 1. The highest BCUT2D eigenvalue weighted by Gasteiger charge is 2.22. The molecule has 0 fully saturated rings. The van der Waals surface area contributed by atoms with Crippen molar-refractivity contribution in [1.29, 1.82) is 0 Å². The van der Waals surface area contributed by atoms with Gasteiger partial charge in [-0.25, -0.2) is 9.36 Å². The summed E-state index contributed by atoms with van der Waals surface area (Å²) in [5.74, 6) is 0.567. The molecule has 0 saturated carbocycles. The molecular formula is C21H23NO4. The van der Waals surface area contributed by atoms with Crippen molar-refractivity contribution in [2.75, 3.05) is 0 Å². The standard InChI is InChI=1S/C21H23NO4/c1-21(2,3)26-20(24)22-12-16(13-23)17-10-7-11-18(19(17)22)25-14-15-8-5-4-6-9-15/h4-12,23H,13-14H2,1-3H3. The molecule has 0 aliphatic carbocycles. The third-order valence-corrected chi connectivity index (χ3v) is 3.87. The number of benzene rings is 2. The normalized spacial score (nSPS) is 11.5. The van der Waals surface area contributed by atoms with E-state index in [1.165, 1.54) is 4.57 Å². The van der Waals surface area contributed by atoms with Gasteiger partial charge in [-0.1, -0.05) is 42.5 Å². The third kappa shape index (κ3) is 3.89. The zero-order chi connectivity index (χ0) is 18.7. The van der Waals surface area contributed by atoms with Gasteiger partial charge in [0.2, 0.25) is 0 Å². The van der Waals surface area contributed by atoms with Crippen LogP contribution in [0.25, 0.3) is 10.9 Å². The summed E-state index contributed by atoms with van der Waals surface area (Å²) >= 11 is 0. The fraction of sp³-hybridized carbons (Fsp3) is 0.286. The quantitative estimate of drug-likeness (QED) is 0.750. The first-order chi connectivity index (χ1) is 12.4. The minimum absolute atomic E-state index is 0.172. The zero-order valence-electron chi connectivity index (χ0n) is 15.2. The molecule has 5 heteroatoms. The van der Waals surface area contributed by atoms with Crippen molar-refractivity contribution < 1.29 is 19.4 Å². The van der Waals surface area contributed by atoms with Gasteiger partial charge >= 0.3 is 6.09 Å². The average molecular weight is 353 g/mol. The molecule has 0 amide bonds. The summed E-state index contributed by atoms with van der Waals surface area (Å²) in [6, 6.07) is 15.3. The van der Waals surface area contributed by atoms with Crippen LogP contribution < -0.4 is 4.74 Å². The highest BCUT2D eigenvalue weighted by Crippen LogP contribution is 2.31. The topological polar surface area (TPSA) is 60.7 Å². The van der Waals surface area contributed by atoms with Gasteiger partial charge in [0, 0.05) is 17.1 Å². The van der Waals surface area contributed by atoms with Crippen LogP contribution in [0.2, 0.25) is 0 Å². The minimum atomic E-state index is -0.618. The van der Waals surface area contributed by atoms with E-state index >= 15 is 0 Å². The zero-order valence-corrected chi connectivity index (χ0v) is 15.2. The minimum Gasteiger partial charge on any atom is -0.487 e. The van der Waals surface area contributed by atoms with Crippen LogP contribution in [-0.4, -0.2) is 21.4 Å². The summed E-state index contributed by atoms with van der Waals surface area (Å²) in [7, 11) is 0. The van der Waals surface area contributed by atoms with E-state index in [0.29, 0.717) is 23.4 Å². The molecular weight excluding hydrogens is 330 g/mol. The highest BCUT2D eigenvalue weighted by molar-refractivity contribution is 5.95. The number of carbonyl (C=O) groups excluding carboxylic acids is 1. The van der Waals surface area contributed by atoms with E-state index < -0.39 is 11.7 Å². The monoisotopic (exact) mass is 353 g/mol. The van der Waals surface area contributed by atoms with Crippen LogP contribution in [0.5, 0.6) is 5.75 Å². The Morgan fingerprint density at radius 1 is 1.08 bits per heavy atom. The van der Waals surface area contributed by atoms with Gasteiger partial charge in [-0.2, -0.15) is 0 Å². The van der Waals surface area contributed by atoms with Gasteiger partial charge in [0.05, 0.1) is 6.61 Å². The summed E-state index contributed by atoms with van der Waals surface area (Å²) in [6.07, 6.45) is 1.10. The first kappa shape index (κ1) is 18.0. The Morgan fingerprint density at radius 3 is 2.46 bits per heavy atom. The molecule has 0 unspecified atom stereocenters. The van der Waals surface area contributed by atoms with E-state index in [1.807, 2.05) is 69.3 Å². The van der Waals surface area contributed by atoms with Crippen molar-refractivity contribution in [3.63, 3.8) is 0 Å². The maximum atomic E-state index is 12.6. The number of fused-ring (bicyclic) bond motifs is 1. The second-order valence-electron chi connectivity index (χ2n) is 7.09. The van der Waals surface area contributed by atoms with E-state index in [0.717, 1.165) is 10.9 Å². The maximum absolute atomic E-state index is 12.6. The lowest BCUT2D eigenvalue weighted by Gasteiger charge is -2.20. The Kier molecular flexibility index (Phi) is 5.00. The van der Waals surface area contributed by atoms with E-state index in [9.17, 15) is 9.90 Å². The molecule has 0 spiro atoms. The van der Waals surface area contributed by atoms with Crippen molar-refractivity contribution in [3.8, 4) is 5.75 Å². The molecule has 3 rings (SSSR count). The molecule has 1 N–H and O–H groups in total. The molecule has 136 valence electrons. The van der Waals surface area contributed by atoms with Crippen molar-refractivity contribution in [2.24, 2.45) is 0 Å². The Bertz CT molecular complexity index is 907. The number of aromatic nitrogens is 1. The fourth-order valence-electron chi connectivity index (χ4n) is 2.75. The molecule has 0 aliphatic rings. The number of hydrogen-bond donors (Lipinski definition) is 1. The predicted molar refractivity (Wildman–Crippen MR) is 100 cm³/mol. The van der Waals surface area contributed by atoms with Crippen molar-refractivity contribution in [3.05, 3.63) is 65.9 Å². The maximum Gasteiger partial charge on any atom is 0.419 e. The number of hydrogen-bond acceptors (Lipinski definition) is 4. The van der Waals surface area contributed by atoms with Crippen LogP contribution in [0.1, 0.15) is 31.9 Å². The van der Waals surface area contributed by atoms with Gasteiger partial charge in [0.25, 0.3) is 0 Å². The Balaban J connectivity index is 2.00. The van der Waals surface area contributed by atoms with Crippen LogP contribution in [0.4, 0.5) is 4.79 Å². The second kappa shape index (κ2) is 7.22. The number of rotatable bonds is 4. The van der Waals surface area contributed by atoms with Gasteiger partial charge in [0.1, 0.15) is 23.5 Å². The lowest BCUT2D eigenvalue weighted by atomic mass is 10.1. The summed E-state index contributed by atoms with van der Waals surface area (Å²) in [4.78, 5) is 12.6. The van der Waals surface area contributed by atoms with Crippen molar-refractivity contribution >= 4 is 17.0 Å². The SMILES string of the molecule is CC(C)(C)OC(=O)n1cc(CO)c2cccc(OCc3ccccc3)c21. The Hall–Kier alpha value is -2.79. The molecule has 0 radical (unpaired) electrons. The molecule has 5 nitrogen and oxygen atoms in total. The van der Waals surface area contributed by atoms with E-state index in [-0.39, 0.29) is 6.61 Å². The molecule has 1 heterocycles. The van der Waals surface area contributed by atoms with Gasteiger partial charge < -0.3 is 14.6 Å². The number of para-hydroxylation sites is 1. The molecule has 2 aromatic carbocycles. The van der Waals surface area contributed by atoms with E-state index in [2.05, 4.69) is 0 Å². The summed E-state index contributed by atoms with van der Waals surface area (Å²) in [5.41, 5.74) is 1.66. The van der Waals surface area contributed by atoms with Crippen LogP contribution in [0.15, 0.2) is 54.7 Å². The average Bonchev–Trinajstić information content (AvgIpc) is 2.99. The number of aliphatic hydroxyl groups is 1. The largest absolute Gasteiger partial charge is 0.487 e. The molecule has 0 bridgehead atoms. The predicted octanol–water partition coefficient (Wildman–Crippen LogP) is 4.50. The van der Waals surface area contributed by atoms with Crippen LogP contribution in [0.3, 0.4) is 0 Å². The van der Waals surface area contributed by atoms with Crippen molar-refractivity contribution in [2.45, 2.75) is 39.6 Å². The van der Waals surface area contributed by atoms with Gasteiger partial charge in [-0.05, 0) is 32.4 Å². The van der Waals surface area contributed by atoms with Crippen LogP contribution in [-0.2, 0) is 18.0 Å². The smallest absolute Gasteiger partial charge is 0.419 e. The molecule has 1 aromatic heterocycles. The Morgan fingerprint density at radius 2 is 1.81 bits per heavy atom. The van der Waals surface area contributed by atoms with E-state index in [4.69, 9.17) is 9.47 Å². The molecule has 0 saturated heterocycles. The summed E-state index contributed by atoms with van der Waals surface area (Å²) < 4.78 is 12.9. The molecule has 0 atom stereocenters. The second-order valence-corrected chi connectivity index (χ2v) is 7.09. The molecule has 3 aromatic rings. The lowest BCUT2D eigenvalue weighted by Crippen LogP contribution is -2.26. The van der Waals surface area contributed by atoms with E-state index in [1.54, 1.807) is 6.20 Å². The molecule has 0 aliphatic heterocycles. The molecule has 26 heavy (non-hydrogen) atoms. The van der Waals surface area contributed by atoms with Crippen LogP contribution in [0, 0.1) is 0 Å². The first-order valence-electron chi connectivity index (χ1n) is 8.53. The highest BCUT2D eigenvalue weighted by atomic mass is 16.6. The Labute approximate surface area is 152 Å². The van der Waals surface area contributed by atoms with Crippen molar-refractivity contribution in [1.82, 2.24) is 4.57 Å². The third-order valence-electron chi connectivity index (χ3n) is 3.87. The van der Waals surface area contributed by atoms with Gasteiger partial charge in [-0.15, -0.1) is 0 Å². The van der Waals surface area contributed by atoms with Gasteiger partial charge in [-0.3, -0.25) is 0 Å². The number of nitrogens with zero attached hydrogens (tertiary/aromatic N) is 1. The number of ether oxygens (including phenoxy) is 2. The number of aliphatic hydroxyl groups excluding tert-OH is 1. The first-order valence-corrected chi connectivity index (χ1v) is 8.53.